The van der Waals surface area contributed by atoms with E-state index in [-0.39, 0.29) is 0 Å². The predicted octanol–water partition coefficient (Wildman–Crippen LogP) is 6.87. The Morgan fingerprint density at radius 3 is 1.50 bits per heavy atom. The summed E-state index contributed by atoms with van der Waals surface area (Å²) < 4.78 is 0. The molecule has 0 fully saturated rings. The molecule has 0 heterocycles. The standard InChI is InChI=1S/C26H32N2/c1-3-5-8-19-12-14-25(27)23(16-19)21-10-7-11-22(18-21)24-17-20(9-6-4-2)13-15-26(24)28/h7,10-18H,3-6,8-9,27-28H2,1-2H3. The van der Waals surface area contributed by atoms with E-state index in [9.17, 15) is 0 Å². The highest BCUT2D eigenvalue weighted by molar-refractivity contribution is 5.83. The minimum atomic E-state index is 0.821. The van der Waals surface area contributed by atoms with Gasteiger partial charge in [0.1, 0.15) is 0 Å². The van der Waals surface area contributed by atoms with Crippen LogP contribution in [-0.2, 0) is 12.8 Å². The molecule has 2 heteroatoms. The van der Waals surface area contributed by atoms with Gasteiger partial charge in [-0.05, 0) is 78.3 Å². The molecule has 0 saturated carbocycles. The Labute approximate surface area is 169 Å². The number of nitrogen functional groups attached to an aromatic ring is 2. The Balaban J connectivity index is 1.97. The van der Waals surface area contributed by atoms with E-state index in [0.717, 1.165) is 46.5 Å². The third kappa shape index (κ3) is 4.75. The molecule has 0 unspecified atom stereocenters. The number of anilines is 2. The second-order valence-corrected chi connectivity index (χ2v) is 7.63. The zero-order valence-electron chi connectivity index (χ0n) is 17.2. The molecule has 0 radical (unpaired) electrons. The summed E-state index contributed by atoms with van der Waals surface area (Å²) >= 11 is 0. The van der Waals surface area contributed by atoms with Gasteiger partial charge >= 0.3 is 0 Å². The van der Waals surface area contributed by atoms with Crippen LogP contribution in [0.3, 0.4) is 0 Å². The molecule has 3 rings (SSSR count). The van der Waals surface area contributed by atoms with E-state index in [1.54, 1.807) is 0 Å². The molecule has 0 saturated heterocycles. The van der Waals surface area contributed by atoms with Crippen LogP contribution in [0.25, 0.3) is 22.3 Å². The van der Waals surface area contributed by atoms with Gasteiger partial charge in [0, 0.05) is 22.5 Å². The van der Waals surface area contributed by atoms with Crippen molar-refractivity contribution in [2.24, 2.45) is 0 Å². The van der Waals surface area contributed by atoms with E-state index in [0.29, 0.717) is 0 Å². The van der Waals surface area contributed by atoms with Crippen molar-refractivity contribution in [2.45, 2.75) is 52.4 Å². The molecule has 2 nitrogen and oxygen atoms in total. The van der Waals surface area contributed by atoms with Crippen LogP contribution in [0.4, 0.5) is 11.4 Å². The van der Waals surface area contributed by atoms with Gasteiger partial charge in [0.25, 0.3) is 0 Å². The first-order valence-electron chi connectivity index (χ1n) is 10.5. The summed E-state index contributed by atoms with van der Waals surface area (Å²) in [5, 5.41) is 0. The van der Waals surface area contributed by atoms with E-state index < -0.39 is 0 Å². The quantitative estimate of drug-likeness (QED) is 0.424. The fourth-order valence-corrected chi connectivity index (χ4v) is 3.63. The molecule has 4 N–H and O–H groups in total. The molecular weight excluding hydrogens is 340 g/mol. The molecule has 0 aliphatic carbocycles. The highest BCUT2D eigenvalue weighted by atomic mass is 14.6. The smallest absolute Gasteiger partial charge is 0.0393 e. The van der Waals surface area contributed by atoms with Gasteiger partial charge in [0.05, 0.1) is 0 Å². The van der Waals surface area contributed by atoms with Gasteiger partial charge in [0.2, 0.25) is 0 Å². The zero-order chi connectivity index (χ0) is 19.9. The summed E-state index contributed by atoms with van der Waals surface area (Å²) in [5.74, 6) is 0. The Kier molecular flexibility index (Phi) is 6.76. The van der Waals surface area contributed by atoms with Gasteiger partial charge in [-0.15, -0.1) is 0 Å². The first kappa shape index (κ1) is 20.0. The van der Waals surface area contributed by atoms with E-state index in [1.807, 2.05) is 12.1 Å². The van der Waals surface area contributed by atoms with Crippen molar-refractivity contribution in [2.75, 3.05) is 11.5 Å². The van der Waals surface area contributed by atoms with Crippen LogP contribution in [0, 0.1) is 0 Å². The molecule has 0 aliphatic heterocycles. The number of nitrogens with two attached hydrogens (primary N) is 2. The van der Waals surface area contributed by atoms with Gasteiger partial charge in [-0.2, -0.15) is 0 Å². The number of rotatable bonds is 8. The average molecular weight is 373 g/mol. The van der Waals surface area contributed by atoms with Crippen molar-refractivity contribution in [1.29, 1.82) is 0 Å². The van der Waals surface area contributed by atoms with Gasteiger partial charge in [0.15, 0.2) is 0 Å². The summed E-state index contributed by atoms with van der Waals surface area (Å²) in [4.78, 5) is 0. The minimum Gasteiger partial charge on any atom is -0.398 e. The monoisotopic (exact) mass is 372 g/mol. The van der Waals surface area contributed by atoms with E-state index >= 15 is 0 Å². The van der Waals surface area contributed by atoms with Crippen LogP contribution >= 0.6 is 0 Å². The number of hydrogen-bond donors (Lipinski definition) is 2. The lowest BCUT2D eigenvalue weighted by molar-refractivity contribution is 0.795. The van der Waals surface area contributed by atoms with Crippen LogP contribution in [0.5, 0.6) is 0 Å². The SMILES string of the molecule is CCCCc1ccc(N)c(-c2cccc(-c3cc(CCCC)ccc3N)c2)c1. The normalized spacial score (nSPS) is 10.9. The number of hydrogen-bond acceptors (Lipinski definition) is 2. The predicted molar refractivity (Wildman–Crippen MR) is 123 cm³/mol. The summed E-state index contributed by atoms with van der Waals surface area (Å²) in [6.07, 6.45) is 6.98. The maximum Gasteiger partial charge on any atom is 0.0393 e. The van der Waals surface area contributed by atoms with Crippen molar-refractivity contribution < 1.29 is 0 Å². The Morgan fingerprint density at radius 1 is 0.607 bits per heavy atom. The lowest BCUT2D eigenvalue weighted by Gasteiger charge is -2.13. The minimum absolute atomic E-state index is 0.821. The molecule has 0 spiro atoms. The average Bonchev–Trinajstić information content (AvgIpc) is 2.72. The fourth-order valence-electron chi connectivity index (χ4n) is 3.63. The van der Waals surface area contributed by atoms with Gasteiger partial charge < -0.3 is 11.5 Å². The van der Waals surface area contributed by atoms with E-state index in [1.165, 1.54) is 36.8 Å². The second kappa shape index (κ2) is 9.45. The first-order chi connectivity index (χ1) is 13.6. The molecule has 3 aromatic carbocycles. The highest BCUT2D eigenvalue weighted by Crippen LogP contribution is 2.33. The van der Waals surface area contributed by atoms with Crippen LogP contribution in [0.15, 0.2) is 60.7 Å². The maximum atomic E-state index is 6.32. The maximum absolute atomic E-state index is 6.32. The van der Waals surface area contributed by atoms with Crippen molar-refractivity contribution in [3.63, 3.8) is 0 Å². The molecule has 0 amide bonds. The third-order valence-corrected chi connectivity index (χ3v) is 5.36. The summed E-state index contributed by atoms with van der Waals surface area (Å²) in [6, 6.07) is 21.4. The molecule has 0 aromatic heterocycles. The van der Waals surface area contributed by atoms with Crippen molar-refractivity contribution in [3.8, 4) is 22.3 Å². The Hall–Kier alpha value is -2.74. The first-order valence-corrected chi connectivity index (χ1v) is 10.5. The highest BCUT2D eigenvalue weighted by Gasteiger charge is 2.09. The lowest BCUT2D eigenvalue weighted by atomic mass is 9.94. The molecule has 28 heavy (non-hydrogen) atoms. The van der Waals surface area contributed by atoms with Crippen LogP contribution in [0.2, 0.25) is 0 Å². The third-order valence-electron chi connectivity index (χ3n) is 5.36. The van der Waals surface area contributed by atoms with Gasteiger partial charge in [-0.25, -0.2) is 0 Å². The van der Waals surface area contributed by atoms with Crippen LogP contribution < -0.4 is 11.5 Å². The number of aryl methyl sites for hydroxylation is 2. The number of benzene rings is 3. The van der Waals surface area contributed by atoms with E-state index in [2.05, 4.69) is 62.4 Å². The van der Waals surface area contributed by atoms with Crippen molar-refractivity contribution in [1.82, 2.24) is 0 Å². The molecule has 3 aromatic rings. The molecule has 146 valence electrons. The molecular formula is C26H32N2. The van der Waals surface area contributed by atoms with Crippen molar-refractivity contribution >= 4 is 11.4 Å². The van der Waals surface area contributed by atoms with Crippen molar-refractivity contribution in [3.05, 3.63) is 71.8 Å². The number of unbranched alkanes of at least 4 members (excludes halogenated alkanes) is 2. The second-order valence-electron chi connectivity index (χ2n) is 7.63. The molecule has 0 aliphatic rings. The van der Waals surface area contributed by atoms with E-state index in [4.69, 9.17) is 11.5 Å². The van der Waals surface area contributed by atoms with Crippen LogP contribution in [-0.4, -0.2) is 0 Å². The van der Waals surface area contributed by atoms with Gasteiger partial charge in [-0.1, -0.05) is 57.0 Å². The zero-order valence-corrected chi connectivity index (χ0v) is 17.2. The van der Waals surface area contributed by atoms with Gasteiger partial charge in [-0.3, -0.25) is 0 Å². The Bertz CT molecular complexity index is 855. The lowest BCUT2D eigenvalue weighted by Crippen LogP contribution is -1.95. The van der Waals surface area contributed by atoms with Crippen LogP contribution in [0.1, 0.15) is 50.7 Å². The fraction of sp³-hybridized carbons (Fsp3) is 0.308. The Morgan fingerprint density at radius 2 is 1.07 bits per heavy atom. The molecule has 0 bridgehead atoms. The molecule has 0 atom stereocenters. The topological polar surface area (TPSA) is 52.0 Å². The summed E-state index contributed by atoms with van der Waals surface area (Å²) in [6.45, 7) is 4.45. The summed E-state index contributed by atoms with van der Waals surface area (Å²) in [7, 11) is 0. The summed E-state index contributed by atoms with van der Waals surface area (Å²) in [5.41, 5.74) is 21.5. The largest absolute Gasteiger partial charge is 0.398 e.